The largest absolute Gasteiger partial charge is 0.490 e. The van der Waals surface area contributed by atoms with Gasteiger partial charge >= 0.3 is 0 Å². The van der Waals surface area contributed by atoms with Crippen molar-refractivity contribution in [3.05, 3.63) is 23.8 Å². The van der Waals surface area contributed by atoms with Crippen LogP contribution in [0.2, 0.25) is 0 Å². The van der Waals surface area contributed by atoms with E-state index in [4.69, 9.17) is 10.5 Å². The van der Waals surface area contributed by atoms with Crippen LogP contribution in [0.1, 0.15) is 43.5 Å². The minimum Gasteiger partial charge on any atom is -0.490 e. The minimum atomic E-state index is -0.110. The van der Waals surface area contributed by atoms with E-state index in [0.717, 1.165) is 19.6 Å². The van der Waals surface area contributed by atoms with E-state index in [1.807, 2.05) is 13.8 Å². The predicted octanol–water partition coefficient (Wildman–Crippen LogP) is 2.27. The molecule has 0 atom stereocenters. The van der Waals surface area contributed by atoms with Crippen LogP contribution in [0.15, 0.2) is 18.2 Å². The standard InChI is InChI=1S/C17H27N3O2/c1-13(2)19-17(21)14-6-7-16(15(18)12-14)22-11-10-20-8-4-3-5-9-20/h6-7,12-13H,3-5,8-11,18H2,1-2H3,(H,19,21). The molecule has 1 aromatic carbocycles. The number of benzene rings is 1. The molecule has 0 aromatic heterocycles. The number of rotatable bonds is 6. The Morgan fingerprint density at radius 2 is 2.05 bits per heavy atom. The number of piperidine rings is 1. The molecule has 5 nitrogen and oxygen atoms in total. The number of hydrogen-bond donors (Lipinski definition) is 2. The van der Waals surface area contributed by atoms with Crippen LogP contribution in [0, 0.1) is 0 Å². The number of hydrogen-bond acceptors (Lipinski definition) is 4. The Morgan fingerprint density at radius 3 is 2.68 bits per heavy atom. The summed E-state index contributed by atoms with van der Waals surface area (Å²) < 4.78 is 5.76. The second-order valence-electron chi connectivity index (χ2n) is 6.13. The highest BCUT2D eigenvalue weighted by atomic mass is 16.5. The van der Waals surface area contributed by atoms with E-state index in [1.165, 1.54) is 19.3 Å². The average Bonchev–Trinajstić information content (AvgIpc) is 2.49. The highest BCUT2D eigenvalue weighted by Crippen LogP contribution is 2.22. The van der Waals surface area contributed by atoms with Crippen LogP contribution in [-0.4, -0.2) is 43.1 Å². The number of nitrogen functional groups attached to an aromatic ring is 1. The summed E-state index contributed by atoms with van der Waals surface area (Å²) in [6, 6.07) is 5.31. The lowest BCUT2D eigenvalue weighted by atomic mass is 10.1. The SMILES string of the molecule is CC(C)NC(=O)c1ccc(OCCN2CCCCC2)c(N)c1. The summed E-state index contributed by atoms with van der Waals surface area (Å²) in [6.45, 7) is 7.73. The van der Waals surface area contributed by atoms with Gasteiger partial charge in [-0.3, -0.25) is 9.69 Å². The van der Waals surface area contributed by atoms with E-state index < -0.39 is 0 Å². The van der Waals surface area contributed by atoms with Gasteiger partial charge in [-0.1, -0.05) is 6.42 Å². The fraction of sp³-hybridized carbons (Fsp3) is 0.588. The van der Waals surface area contributed by atoms with Crippen LogP contribution in [0.5, 0.6) is 5.75 Å². The molecule has 0 radical (unpaired) electrons. The molecule has 0 saturated carbocycles. The summed E-state index contributed by atoms with van der Waals surface area (Å²) in [7, 11) is 0. The first-order chi connectivity index (χ1) is 10.6. The minimum absolute atomic E-state index is 0.106. The van der Waals surface area contributed by atoms with Crippen molar-refractivity contribution in [1.29, 1.82) is 0 Å². The summed E-state index contributed by atoms with van der Waals surface area (Å²) >= 11 is 0. The smallest absolute Gasteiger partial charge is 0.251 e. The number of carbonyl (C=O) groups excluding carboxylic acids is 1. The lowest BCUT2D eigenvalue weighted by molar-refractivity contribution is 0.0943. The van der Waals surface area contributed by atoms with Gasteiger partial charge in [-0.25, -0.2) is 0 Å². The van der Waals surface area contributed by atoms with Crippen molar-refractivity contribution in [2.75, 3.05) is 32.0 Å². The Labute approximate surface area is 132 Å². The first-order valence-corrected chi connectivity index (χ1v) is 8.12. The van der Waals surface area contributed by atoms with E-state index in [-0.39, 0.29) is 11.9 Å². The molecular formula is C17H27N3O2. The first-order valence-electron chi connectivity index (χ1n) is 8.12. The van der Waals surface area contributed by atoms with Crippen LogP contribution in [0.3, 0.4) is 0 Å². The molecule has 2 rings (SSSR count). The molecule has 5 heteroatoms. The second-order valence-corrected chi connectivity index (χ2v) is 6.13. The topological polar surface area (TPSA) is 67.6 Å². The normalized spacial score (nSPS) is 15.8. The van der Waals surface area contributed by atoms with Crippen molar-refractivity contribution in [2.24, 2.45) is 0 Å². The van der Waals surface area contributed by atoms with Gasteiger partial charge in [-0.2, -0.15) is 0 Å². The average molecular weight is 305 g/mol. The zero-order valence-corrected chi connectivity index (χ0v) is 13.6. The molecule has 122 valence electrons. The molecule has 22 heavy (non-hydrogen) atoms. The zero-order valence-electron chi connectivity index (χ0n) is 13.6. The Morgan fingerprint density at radius 1 is 1.32 bits per heavy atom. The van der Waals surface area contributed by atoms with Crippen LogP contribution in [-0.2, 0) is 0 Å². The second kappa shape index (κ2) is 8.03. The molecule has 1 saturated heterocycles. The van der Waals surface area contributed by atoms with Gasteiger partial charge in [0.1, 0.15) is 12.4 Å². The van der Waals surface area contributed by atoms with Crippen molar-refractivity contribution < 1.29 is 9.53 Å². The van der Waals surface area contributed by atoms with Gasteiger partial charge in [0.15, 0.2) is 0 Å². The maximum Gasteiger partial charge on any atom is 0.251 e. The van der Waals surface area contributed by atoms with Crippen molar-refractivity contribution >= 4 is 11.6 Å². The van der Waals surface area contributed by atoms with E-state index >= 15 is 0 Å². The third kappa shape index (κ3) is 4.91. The van der Waals surface area contributed by atoms with Gasteiger partial charge in [-0.05, 0) is 58.0 Å². The van der Waals surface area contributed by atoms with E-state index in [1.54, 1.807) is 18.2 Å². The molecule has 1 amide bonds. The molecule has 1 aliphatic rings. The van der Waals surface area contributed by atoms with Gasteiger partial charge in [0.05, 0.1) is 5.69 Å². The van der Waals surface area contributed by atoms with Gasteiger partial charge in [0.25, 0.3) is 5.91 Å². The predicted molar refractivity (Wildman–Crippen MR) is 89.2 cm³/mol. The monoisotopic (exact) mass is 305 g/mol. The summed E-state index contributed by atoms with van der Waals surface area (Å²) in [5.41, 5.74) is 7.06. The molecule has 0 spiro atoms. The number of carbonyl (C=O) groups is 1. The molecular weight excluding hydrogens is 278 g/mol. The summed E-state index contributed by atoms with van der Waals surface area (Å²) in [5, 5.41) is 2.85. The van der Waals surface area contributed by atoms with Gasteiger partial charge in [0, 0.05) is 18.2 Å². The highest BCUT2D eigenvalue weighted by molar-refractivity contribution is 5.95. The van der Waals surface area contributed by atoms with E-state index in [0.29, 0.717) is 23.6 Å². The number of anilines is 1. The Balaban J connectivity index is 1.85. The summed E-state index contributed by atoms with van der Waals surface area (Å²) in [6.07, 6.45) is 3.90. The Bertz CT molecular complexity index is 497. The maximum absolute atomic E-state index is 11.9. The van der Waals surface area contributed by atoms with Crippen LogP contribution < -0.4 is 15.8 Å². The number of likely N-dealkylation sites (tertiary alicyclic amines) is 1. The molecule has 3 N–H and O–H groups in total. The van der Waals surface area contributed by atoms with Crippen LogP contribution in [0.25, 0.3) is 0 Å². The number of ether oxygens (including phenoxy) is 1. The van der Waals surface area contributed by atoms with Gasteiger partial charge in [-0.15, -0.1) is 0 Å². The maximum atomic E-state index is 11.9. The van der Waals surface area contributed by atoms with Crippen molar-refractivity contribution in [3.8, 4) is 5.75 Å². The molecule has 1 aromatic rings. The molecule has 1 aliphatic heterocycles. The summed E-state index contributed by atoms with van der Waals surface area (Å²) in [5.74, 6) is 0.541. The Kier molecular flexibility index (Phi) is 6.07. The molecule has 1 fully saturated rings. The van der Waals surface area contributed by atoms with Crippen LogP contribution in [0.4, 0.5) is 5.69 Å². The molecule has 0 aliphatic carbocycles. The van der Waals surface area contributed by atoms with Crippen LogP contribution >= 0.6 is 0 Å². The number of nitrogens with two attached hydrogens (primary N) is 1. The Hall–Kier alpha value is -1.75. The number of amides is 1. The quantitative estimate of drug-likeness (QED) is 0.791. The van der Waals surface area contributed by atoms with Gasteiger partial charge < -0.3 is 15.8 Å². The van der Waals surface area contributed by atoms with Crippen molar-refractivity contribution in [3.63, 3.8) is 0 Å². The lowest BCUT2D eigenvalue weighted by Crippen LogP contribution is -2.33. The summed E-state index contributed by atoms with van der Waals surface area (Å²) in [4.78, 5) is 14.3. The lowest BCUT2D eigenvalue weighted by Gasteiger charge is -2.26. The van der Waals surface area contributed by atoms with Crippen molar-refractivity contribution in [2.45, 2.75) is 39.2 Å². The first kappa shape index (κ1) is 16.6. The third-order valence-corrected chi connectivity index (χ3v) is 3.81. The van der Waals surface area contributed by atoms with E-state index in [2.05, 4.69) is 10.2 Å². The molecule has 0 bridgehead atoms. The van der Waals surface area contributed by atoms with E-state index in [9.17, 15) is 4.79 Å². The fourth-order valence-corrected chi connectivity index (χ4v) is 2.63. The molecule has 0 unspecified atom stereocenters. The number of nitrogens with zero attached hydrogens (tertiary/aromatic N) is 1. The zero-order chi connectivity index (χ0) is 15.9. The number of nitrogens with one attached hydrogen (secondary N) is 1. The van der Waals surface area contributed by atoms with Crippen molar-refractivity contribution in [1.82, 2.24) is 10.2 Å². The van der Waals surface area contributed by atoms with Gasteiger partial charge in [0.2, 0.25) is 0 Å². The fourth-order valence-electron chi connectivity index (χ4n) is 2.63. The highest BCUT2D eigenvalue weighted by Gasteiger charge is 2.12. The third-order valence-electron chi connectivity index (χ3n) is 3.81. The molecule has 1 heterocycles.